The van der Waals surface area contributed by atoms with Gasteiger partial charge in [0.1, 0.15) is 5.75 Å². The van der Waals surface area contributed by atoms with Gasteiger partial charge >= 0.3 is 0 Å². The first kappa shape index (κ1) is 16.6. The third kappa shape index (κ3) is 4.37. The molecule has 21 heavy (non-hydrogen) atoms. The average Bonchev–Trinajstić information content (AvgIpc) is 2.48. The lowest BCUT2D eigenvalue weighted by Gasteiger charge is -2.36. The van der Waals surface area contributed by atoms with Crippen LogP contribution in [-0.4, -0.2) is 20.2 Å². The van der Waals surface area contributed by atoms with E-state index < -0.39 is 0 Å². The predicted molar refractivity (Wildman–Crippen MR) is 90.3 cm³/mol. The van der Waals surface area contributed by atoms with Crippen molar-refractivity contribution in [1.82, 2.24) is 5.32 Å². The van der Waals surface area contributed by atoms with E-state index in [9.17, 15) is 0 Å². The molecule has 0 bridgehead atoms. The summed E-state index contributed by atoms with van der Waals surface area (Å²) in [4.78, 5) is 0. The smallest absolute Gasteiger partial charge is 0.122 e. The number of ether oxygens (including phenoxy) is 1. The summed E-state index contributed by atoms with van der Waals surface area (Å²) in [5.41, 5.74) is 1.24. The summed E-state index contributed by atoms with van der Waals surface area (Å²) >= 11 is 6.17. The van der Waals surface area contributed by atoms with E-state index in [1.807, 2.05) is 12.1 Å². The fourth-order valence-electron chi connectivity index (χ4n) is 3.83. The highest BCUT2D eigenvalue weighted by molar-refractivity contribution is 6.30. The molecule has 1 fully saturated rings. The Morgan fingerprint density at radius 1 is 1.33 bits per heavy atom. The first-order valence-electron chi connectivity index (χ1n) is 8.17. The van der Waals surface area contributed by atoms with Crippen LogP contribution < -0.4 is 10.1 Å². The molecule has 1 aliphatic rings. The van der Waals surface area contributed by atoms with Gasteiger partial charge < -0.3 is 10.1 Å². The summed E-state index contributed by atoms with van der Waals surface area (Å²) in [7, 11) is 3.83. The maximum absolute atomic E-state index is 6.17. The maximum Gasteiger partial charge on any atom is 0.122 e. The topological polar surface area (TPSA) is 21.3 Å². The minimum Gasteiger partial charge on any atom is -0.496 e. The van der Waals surface area contributed by atoms with Crippen LogP contribution in [0.4, 0.5) is 0 Å². The van der Waals surface area contributed by atoms with Gasteiger partial charge in [0.05, 0.1) is 7.11 Å². The van der Waals surface area contributed by atoms with E-state index in [-0.39, 0.29) is 0 Å². The second-order valence-electron chi connectivity index (χ2n) is 6.28. The highest BCUT2D eigenvalue weighted by atomic mass is 35.5. The first-order chi connectivity index (χ1) is 10.2. The molecule has 0 aliphatic heterocycles. The fraction of sp³-hybridized carbons (Fsp3) is 0.667. The Balaban J connectivity index is 2.12. The van der Waals surface area contributed by atoms with Crippen molar-refractivity contribution in [1.29, 1.82) is 0 Å². The van der Waals surface area contributed by atoms with Gasteiger partial charge in [0, 0.05) is 11.1 Å². The molecule has 1 saturated carbocycles. The number of hydrogen-bond acceptors (Lipinski definition) is 2. The molecule has 1 N–H and O–H groups in total. The Hall–Kier alpha value is -0.730. The van der Waals surface area contributed by atoms with Crippen molar-refractivity contribution in [2.24, 2.45) is 11.8 Å². The maximum atomic E-state index is 6.17. The molecule has 0 aromatic heterocycles. The van der Waals surface area contributed by atoms with Crippen molar-refractivity contribution in [3.8, 4) is 5.75 Å². The summed E-state index contributed by atoms with van der Waals surface area (Å²) < 4.78 is 5.51. The van der Waals surface area contributed by atoms with E-state index in [1.165, 1.54) is 37.7 Å². The van der Waals surface area contributed by atoms with Gasteiger partial charge in [-0.05, 0) is 68.3 Å². The van der Waals surface area contributed by atoms with Crippen LogP contribution in [0.1, 0.15) is 44.6 Å². The molecule has 0 saturated heterocycles. The quantitative estimate of drug-likeness (QED) is 0.822. The summed E-state index contributed by atoms with van der Waals surface area (Å²) in [5.74, 6) is 2.52. The van der Waals surface area contributed by atoms with Crippen LogP contribution in [0.5, 0.6) is 5.75 Å². The van der Waals surface area contributed by atoms with E-state index in [2.05, 4.69) is 25.4 Å². The fourth-order valence-corrected chi connectivity index (χ4v) is 4.02. The number of hydrogen-bond donors (Lipinski definition) is 1. The van der Waals surface area contributed by atoms with Gasteiger partial charge in [0.25, 0.3) is 0 Å². The lowest BCUT2D eigenvalue weighted by atomic mass is 9.74. The third-order valence-electron chi connectivity index (χ3n) is 4.88. The monoisotopic (exact) mass is 309 g/mol. The third-order valence-corrected chi connectivity index (χ3v) is 5.12. The second-order valence-corrected chi connectivity index (χ2v) is 6.72. The Bertz CT molecular complexity index is 449. The van der Waals surface area contributed by atoms with Crippen molar-refractivity contribution < 1.29 is 4.74 Å². The molecule has 0 radical (unpaired) electrons. The van der Waals surface area contributed by atoms with Gasteiger partial charge in [-0.25, -0.2) is 0 Å². The molecule has 1 aromatic rings. The molecule has 0 amide bonds. The Morgan fingerprint density at radius 2 is 2.14 bits per heavy atom. The van der Waals surface area contributed by atoms with Gasteiger partial charge in [-0.15, -0.1) is 0 Å². The summed E-state index contributed by atoms with van der Waals surface area (Å²) in [6, 6.07) is 6.57. The van der Waals surface area contributed by atoms with E-state index in [4.69, 9.17) is 16.3 Å². The van der Waals surface area contributed by atoms with Crippen LogP contribution in [-0.2, 0) is 6.42 Å². The highest BCUT2D eigenvalue weighted by Crippen LogP contribution is 2.36. The summed E-state index contributed by atoms with van der Waals surface area (Å²) in [6.45, 7) is 2.29. The predicted octanol–water partition coefficient (Wildman–Crippen LogP) is 4.70. The van der Waals surface area contributed by atoms with Gasteiger partial charge in [0.15, 0.2) is 0 Å². The molecule has 3 unspecified atom stereocenters. The minimum atomic E-state index is 0.613. The Kier molecular flexibility index (Phi) is 6.38. The largest absolute Gasteiger partial charge is 0.496 e. The Labute approximate surface area is 134 Å². The lowest BCUT2D eigenvalue weighted by Crippen LogP contribution is -2.39. The zero-order valence-corrected chi connectivity index (χ0v) is 14.2. The van der Waals surface area contributed by atoms with Crippen molar-refractivity contribution >= 4 is 11.6 Å². The van der Waals surface area contributed by atoms with E-state index >= 15 is 0 Å². The number of rotatable bonds is 6. The van der Waals surface area contributed by atoms with Gasteiger partial charge in [0.2, 0.25) is 0 Å². The van der Waals surface area contributed by atoms with E-state index in [0.717, 1.165) is 23.1 Å². The standard InChI is InChI=1S/C18H28ClNO/c1-4-5-13-6-8-17(20-2)14(10-13)11-15-12-16(19)7-9-18(15)21-3/h7,9,12-14,17,20H,4-6,8,10-11H2,1-3H3. The van der Waals surface area contributed by atoms with Crippen molar-refractivity contribution in [3.63, 3.8) is 0 Å². The molecular weight excluding hydrogens is 282 g/mol. The molecule has 1 aromatic carbocycles. The number of halogens is 1. The molecule has 0 spiro atoms. The SMILES string of the molecule is CCCC1CCC(NC)C(Cc2cc(Cl)ccc2OC)C1. The van der Waals surface area contributed by atoms with Crippen LogP contribution in [0.15, 0.2) is 18.2 Å². The summed E-state index contributed by atoms with van der Waals surface area (Å²) in [5, 5.41) is 4.31. The van der Waals surface area contributed by atoms with Gasteiger partial charge in [-0.3, -0.25) is 0 Å². The van der Waals surface area contributed by atoms with Gasteiger partial charge in [-0.1, -0.05) is 31.4 Å². The number of methoxy groups -OCH3 is 1. The van der Waals surface area contributed by atoms with E-state index in [1.54, 1.807) is 7.11 Å². The van der Waals surface area contributed by atoms with Crippen LogP contribution in [0.2, 0.25) is 5.02 Å². The van der Waals surface area contributed by atoms with Crippen LogP contribution >= 0.6 is 11.6 Å². The molecule has 118 valence electrons. The summed E-state index contributed by atoms with van der Waals surface area (Å²) in [6.07, 6.45) is 7.67. The zero-order chi connectivity index (χ0) is 15.2. The number of benzene rings is 1. The molecule has 0 heterocycles. The zero-order valence-electron chi connectivity index (χ0n) is 13.5. The molecular formula is C18H28ClNO. The van der Waals surface area contributed by atoms with Crippen molar-refractivity contribution in [2.45, 2.75) is 51.5 Å². The molecule has 3 atom stereocenters. The van der Waals surface area contributed by atoms with Crippen LogP contribution in [0.25, 0.3) is 0 Å². The van der Waals surface area contributed by atoms with Crippen molar-refractivity contribution in [2.75, 3.05) is 14.2 Å². The number of nitrogens with one attached hydrogen (secondary N) is 1. The van der Waals surface area contributed by atoms with Crippen LogP contribution in [0.3, 0.4) is 0 Å². The normalized spacial score (nSPS) is 25.8. The first-order valence-corrected chi connectivity index (χ1v) is 8.55. The molecule has 1 aliphatic carbocycles. The lowest BCUT2D eigenvalue weighted by molar-refractivity contribution is 0.199. The van der Waals surface area contributed by atoms with Crippen LogP contribution in [0, 0.1) is 11.8 Å². The second kappa shape index (κ2) is 8.05. The minimum absolute atomic E-state index is 0.613. The molecule has 3 heteroatoms. The highest BCUT2D eigenvalue weighted by Gasteiger charge is 2.29. The Morgan fingerprint density at radius 3 is 2.81 bits per heavy atom. The van der Waals surface area contributed by atoms with Crippen molar-refractivity contribution in [3.05, 3.63) is 28.8 Å². The molecule has 2 rings (SSSR count). The average molecular weight is 310 g/mol. The molecule has 2 nitrogen and oxygen atoms in total. The van der Waals surface area contributed by atoms with Gasteiger partial charge in [-0.2, -0.15) is 0 Å². The van der Waals surface area contributed by atoms with E-state index in [0.29, 0.717) is 12.0 Å².